The van der Waals surface area contributed by atoms with Gasteiger partial charge in [0.15, 0.2) is 0 Å². The van der Waals surface area contributed by atoms with Gasteiger partial charge in [-0.2, -0.15) is 0 Å². The normalized spacial score (nSPS) is 14.2. The third-order valence-electron chi connectivity index (χ3n) is 25.2. The molecular formula is C104H88BN5. The molecule has 0 saturated carbocycles. The van der Waals surface area contributed by atoms with Crippen LogP contribution < -0.4 is 16.4 Å². The van der Waals surface area contributed by atoms with Crippen molar-refractivity contribution >= 4 is 170 Å². The summed E-state index contributed by atoms with van der Waals surface area (Å²) in [4.78, 5) is 0. The lowest BCUT2D eigenvalue weighted by Gasteiger charge is -2.35. The molecule has 0 radical (unpaired) electrons. The van der Waals surface area contributed by atoms with E-state index in [2.05, 4.69) is 357 Å². The maximum Gasteiger partial charge on any atom is 0.252 e. The molecule has 0 amide bonds. The zero-order chi connectivity index (χ0) is 79.4. The number of para-hydroxylation sites is 2. The van der Waals surface area contributed by atoms with Crippen molar-refractivity contribution in [3.63, 3.8) is 0 Å². The van der Waals surface area contributed by atoms with Crippen LogP contribution in [0.25, 0.3) is 181 Å². The summed E-state index contributed by atoms with van der Waals surface area (Å²) in [5, 5.41) is 18.2. The molecule has 5 nitrogen and oxygen atoms in total. The van der Waals surface area contributed by atoms with Gasteiger partial charge in [0.1, 0.15) is 0 Å². The lowest BCUT2D eigenvalue weighted by molar-refractivity contribution is 0.590. The molecule has 0 spiro atoms. The van der Waals surface area contributed by atoms with Crippen LogP contribution in [-0.2, 0) is 27.1 Å². The molecule has 110 heavy (non-hydrogen) atoms. The first-order valence-corrected chi connectivity index (χ1v) is 39.3. The Balaban J connectivity index is 0.987. The molecule has 0 aliphatic carbocycles. The molecule has 0 unspecified atom stereocenters. The van der Waals surface area contributed by atoms with Gasteiger partial charge in [0.2, 0.25) is 0 Å². The number of aromatic nitrogens is 5. The van der Waals surface area contributed by atoms with Crippen LogP contribution in [0.4, 0.5) is 0 Å². The summed E-state index contributed by atoms with van der Waals surface area (Å²) >= 11 is 0. The fourth-order valence-corrected chi connectivity index (χ4v) is 19.7. The molecular weight excluding hydrogens is 1330 g/mol. The molecule has 20 aromatic rings. The molecule has 2 aliphatic rings. The fourth-order valence-electron chi connectivity index (χ4n) is 19.7. The number of hydrogen-bond donors (Lipinski definition) is 0. The second kappa shape index (κ2) is 22.0. The van der Waals surface area contributed by atoms with Crippen LogP contribution in [0.15, 0.2) is 261 Å². The first-order chi connectivity index (χ1) is 54.8. The van der Waals surface area contributed by atoms with Gasteiger partial charge in [-0.05, 0) is 213 Å². The summed E-state index contributed by atoms with van der Waals surface area (Å²) in [6, 6.07) is 87.0. The lowest BCUT2D eigenvalue weighted by atomic mass is 9.34. The highest BCUT2D eigenvalue weighted by molar-refractivity contribution is 7.00. The molecule has 6 heteroatoms. The number of hydrogen-bond acceptors (Lipinski definition) is 0. The summed E-state index contributed by atoms with van der Waals surface area (Å²) in [5.41, 5.74) is 25.8. The second-order valence-electron chi connectivity index (χ2n) is 37.0. The van der Waals surface area contributed by atoms with Crippen LogP contribution in [0, 0.1) is 0 Å². The van der Waals surface area contributed by atoms with Gasteiger partial charge >= 0.3 is 0 Å². The maximum absolute atomic E-state index is 9.88. The highest BCUT2D eigenvalue weighted by atomic mass is 15.1. The van der Waals surface area contributed by atoms with E-state index in [9.17, 15) is 5.48 Å². The van der Waals surface area contributed by atoms with E-state index in [1.165, 1.54) is 54.6 Å². The van der Waals surface area contributed by atoms with E-state index in [0.29, 0.717) is 5.56 Å². The van der Waals surface area contributed by atoms with Gasteiger partial charge in [-0.25, -0.2) is 0 Å². The largest absolute Gasteiger partial charge is 0.310 e. The SMILES string of the molecule is [2H]c1c([2H])c([2H])c(-c2cc3c4c(c2)c2cc(C(C)(C)C)ccc2n4-c2cc4c(c5c2B3c2cc(-n3c6ccc(C(C)(C)C)cc6c6cc(C(C)(C)C)ccc63)cc3c6cc(-n7c8ccc(C(C)(C)C)cc8c8cc(C(C)(C)C)ccc87)ccc6n-5c23)c2cccc3c5ccccc5c5ccccc5c5ccccc5n4c32)c([2H])c1[2H]. The Labute approximate surface area is 649 Å². The third-order valence-corrected chi connectivity index (χ3v) is 25.2. The zero-order valence-corrected chi connectivity index (χ0v) is 65.3. The van der Waals surface area contributed by atoms with E-state index in [1.54, 1.807) is 0 Å². The molecule has 6 aromatic heterocycles. The van der Waals surface area contributed by atoms with E-state index in [4.69, 9.17) is 1.37 Å². The highest BCUT2D eigenvalue weighted by Gasteiger charge is 2.44. The zero-order valence-electron chi connectivity index (χ0n) is 70.3. The summed E-state index contributed by atoms with van der Waals surface area (Å²) in [6.07, 6.45) is 0. The first kappa shape index (κ1) is 60.1. The summed E-state index contributed by atoms with van der Waals surface area (Å²) in [6.45, 7) is 34.0. The van der Waals surface area contributed by atoms with Crippen molar-refractivity contribution in [2.45, 2.75) is 131 Å². The van der Waals surface area contributed by atoms with Crippen LogP contribution in [0.3, 0.4) is 0 Å². The number of benzene rings is 14. The van der Waals surface area contributed by atoms with Crippen molar-refractivity contribution in [2.24, 2.45) is 0 Å². The van der Waals surface area contributed by atoms with Crippen LogP contribution in [0.1, 0.15) is 139 Å². The quantitative estimate of drug-likeness (QED) is 0.158. The van der Waals surface area contributed by atoms with Gasteiger partial charge < -0.3 is 22.7 Å². The van der Waals surface area contributed by atoms with Crippen molar-refractivity contribution in [1.82, 2.24) is 22.7 Å². The number of rotatable bonds is 3. The van der Waals surface area contributed by atoms with E-state index in [1.807, 2.05) is 0 Å². The van der Waals surface area contributed by atoms with Crippen LogP contribution in [0.2, 0.25) is 0 Å². The van der Waals surface area contributed by atoms with E-state index < -0.39 is 12.8 Å². The Bertz CT molecular complexity index is 7760. The minimum absolute atomic E-state index is 0.0886. The Morgan fingerprint density at radius 3 is 1.18 bits per heavy atom. The Hall–Kier alpha value is -11.9. The van der Waals surface area contributed by atoms with Crippen LogP contribution >= 0.6 is 0 Å². The van der Waals surface area contributed by atoms with Crippen molar-refractivity contribution < 1.29 is 6.85 Å². The first-order valence-electron chi connectivity index (χ1n) is 41.8. The maximum atomic E-state index is 9.88. The van der Waals surface area contributed by atoms with Gasteiger partial charge in [0.05, 0.1) is 62.2 Å². The third kappa shape index (κ3) is 8.99. The molecule has 22 rings (SSSR count). The average Bonchev–Trinajstić information content (AvgIpc) is 1.53. The van der Waals surface area contributed by atoms with E-state index in [-0.39, 0.29) is 56.8 Å². The Morgan fingerprint density at radius 1 is 0.264 bits per heavy atom. The van der Waals surface area contributed by atoms with Crippen LogP contribution in [-0.4, -0.2) is 29.4 Å². The standard InChI is InChI=1S/C104H88BN5/c1-100(2,3)61-36-42-86-75(50-61)76-51-62(101(4,5)6)37-43-87(76)106(86)66-41-47-91-80(55-66)82-56-67(107-88-44-38-63(102(7,8)9)52-77(88)78-53-64(103(10,11)12)39-45-89(78)107)57-84-98(82)110(91)99-94-74-34-25-33-73-71-31-22-20-29-69(71)68-28-19-21-30-70(68)72-32-23-24-35-85(72)108(96(73)74)92(94)58-93-95(99)105(84)83-49-60(59-26-17-16-18-27-59)48-81-79-54-65(104(13,14)15)40-46-90(79)109(93)97(81)83/h16-58H,1-15H3/i16D,17D,18D,26D,27D. The molecule has 0 bridgehead atoms. The minimum atomic E-state index is -0.515. The molecule has 0 fully saturated rings. The second-order valence-corrected chi connectivity index (χ2v) is 37.0. The molecule has 0 saturated heterocycles. The van der Waals surface area contributed by atoms with Gasteiger partial charge in [-0.15, -0.1) is 0 Å². The molecule has 2 aliphatic heterocycles. The molecule has 0 atom stereocenters. The number of nitrogens with zero attached hydrogens (tertiary/aromatic N) is 5. The van der Waals surface area contributed by atoms with Crippen molar-refractivity contribution in [3.8, 4) is 33.9 Å². The highest BCUT2D eigenvalue weighted by Crippen LogP contribution is 2.50. The van der Waals surface area contributed by atoms with Gasteiger partial charge in [-0.3, -0.25) is 0 Å². The lowest BCUT2D eigenvalue weighted by Crippen LogP contribution is -2.59. The van der Waals surface area contributed by atoms with E-state index >= 15 is 0 Å². The molecule has 14 aromatic carbocycles. The van der Waals surface area contributed by atoms with Gasteiger partial charge in [0, 0.05) is 92.7 Å². The summed E-state index contributed by atoms with van der Waals surface area (Å²) < 4.78 is 60.3. The smallest absolute Gasteiger partial charge is 0.252 e. The molecule has 8 heterocycles. The van der Waals surface area contributed by atoms with Crippen molar-refractivity contribution in [3.05, 3.63) is 289 Å². The van der Waals surface area contributed by atoms with Gasteiger partial charge in [0.25, 0.3) is 6.71 Å². The minimum Gasteiger partial charge on any atom is -0.310 e. The Kier molecular flexibility index (Phi) is 12.0. The summed E-state index contributed by atoms with van der Waals surface area (Å²) in [7, 11) is 0. The topological polar surface area (TPSA) is 24.1 Å². The summed E-state index contributed by atoms with van der Waals surface area (Å²) in [5.74, 6) is 0. The van der Waals surface area contributed by atoms with Crippen molar-refractivity contribution in [1.29, 1.82) is 0 Å². The van der Waals surface area contributed by atoms with Crippen LogP contribution in [0.5, 0.6) is 0 Å². The fraction of sp³-hybridized carbons (Fsp3) is 0.192. The average molecular weight is 1420 g/mol. The molecule has 0 N–H and O–H groups in total. The monoisotopic (exact) mass is 1420 g/mol. The van der Waals surface area contributed by atoms with E-state index in [0.717, 1.165) is 159 Å². The number of fused-ring (bicyclic) bond motifs is 27. The predicted molar refractivity (Wildman–Crippen MR) is 475 cm³/mol. The van der Waals surface area contributed by atoms with Crippen molar-refractivity contribution in [2.75, 3.05) is 0 Å². The molecule has 532 valence electrons. The predicted octanol–water partition coefficient (Wildman–Crippen LogP) is 26.0. The Morgan fingerprint density at radius 2 is 0.655 bits per heavy atom. The van der Waals surface area contributed by atoms with Gasteiger partial charge in [-0.1, -0.05) is 255 Å².